The topological polar surface area (TPSA) is 55.6 Å². The Hall–Kier alpha value is -2.82. The van der Waals surface area contributed by atoms with E-state index >= 15 is 0 Å². The van der Waals surface area contributed by atoms with E-state index in [-0.39, 0.29) is 11.8 Å². The Bertz CT molecular complexity index is 948. The predicted octanol–water partition coefficient (Wildman–Crippen LogP) is 4.87. The van der Waals surface area contributed by atoms with E-state index in [1.807, 2.05) is 30.6 Å². The number of rotatable bonds is 10. The predicted molar refractivity (Wildman–Crippen MR) is 117 cm³/mol. The van der Waals surface area contributed by atoms with Crippen LogP contribution in [0.1, 0.15) is 61.8 Å². The molecule has 3 rings (SSSR count). The minimum Gasteiger partial charge on any atom is -0.497 e. The first-order chi connectivity index (χ1) is 14.1. The van der Waals surface area contributed by atoms with Crippen LogP contribution in [-0.2, 0) is 4.79 Å². The second kappa shape index (κ2) is 10.1. The number of pyridine rings is 1. The molecule has 0 bridgehead atoms. The largest absolute Gasteiger partial charge is 0.497 e. The van der Waals surface area contributed by atoms with Crippen LogP contribution in [0.25, 0.3) is 5.65 Å². The molecule has 0 spiro atoms. The van der Waals surface area contributed by atoms with Crippen molar-refractivity contribution in [1.29, 1.82) is 0 Å². The normalized spacial score (nSPS) is 12.1. The van der Waals surface area contributed by atoms with Gasteiger partial charge in [0.25, 0.3) is 0 Å². The SMILES string of the molecule is CCCCCCNC(=O)CC(c1cccc(OC)c1)c1cnc2cc(C)ccn12. The lowest BCUT2D eigenvalue weighted by Gasteiger charge is -2.18. The van der Waals surface area contributed by atoms with Crippen LogP contribution in [0.15, 0.2) is 48.8 Å². The summed E-state index contributed by atoms with van der Waals surface area (Å²) < 4.78 is 7.49. The lowest BCUT2D eigenvalue weighted by atomic mass is 9.92. The Kier molecular flexibility index (Phi) is 7.28. The maximum absolute atomic E-state index is 12.7. The molecule has 1 atom stereocenters. The number of ether oxygens (including phenoxy) is 1. The number of nitrogens with zero attached hydrogens (tertiary/aromatic N) is 2. The highest BCUT2D eigenvalue weighted by atomic mass is 16.5. The molecule has 1 N–H and O–H groups in total. The molecule has 0 saturated carbocycles. The molecule has 0 aliphatic heterocycles. The van der Waals surface area contributed by atoms with Crippen LogP contribution in [0.5, 0.6) is 5.75 Å². The molecular weight excluding hydrogens is 362 g/mol. The number of hydrogen-bond acceptors (Lipinski definition) is 3. The Morgan fingerprint density at radius 1 is 1.21 bits per heavy atom. The second-order valence-electron chi connectivity index (χ2n) is 7.56. The van der Waals surface area contributed by atoms with Gasteiger partial charge in [-0.3, -0.25) is 4.79 Å². The van der Waals surface area contributed by atoms with Gasteiger partial charge in [-0.25, -0.2) is 4.98 Å². The number of amides is 1. The van der Waals surface area contributed by atoms with Gasteiger partial charge < -0.3 is 14.5 Å². The van der Waals surface area contributed by atoms with Crippen molar-refractivity contribution in [2.45, 2.75) is 51.9 Å². The molecule has 1 amide bonds. The van der Waals surface area contributed by atoms with E-state index in [9.17, 15) is 4.79 Å². The van der Waals surface area contributed by atoms with Crippen molar-refractivity contribution >= 4 is 11.6 Å². The van der Waals surface area contributed by atoms with Crippen LogP contribution < -0.4 is 10.1 Å². The van der Waals surface area contributed by atoms with Crippen LogP contribution in [0.4, 0.5) is 0 Å². The maximum atomic E-state index is 12.7. The van der Waals surface area contributed by atoms with Gasteiger partial charge in [-0.2, -0.15) is 0 Å². The van der Waals surface area contributed by atoms with E-state index in [1.165, 1.54) is 12.8 Å². The molecule has 0 aliphatic rings. The molecule has 1 unspecified atom stereocenters. The number of imidazole rings is 1. The van der Waals surface area contributed by atoms with Crippen LogP contribution in [0, 0.1) is 6.92 Å². The number of nitrogens with one attached hydrogen (secondary N) is 1. The second-order valence-corrected chi connectivity index (χ2v) is 7.56. The zero-order valence-electron chi connectivity index (χ0n) is 17.6. The number of carbonyl (C=O) groups excluding carboxylic acids is 1. The molecule has 0 saturated heterocycles. The van der Waals surface area contributed by atoms with Crippen molar-refractivity contribution in [1.82, 2.24) is 14.7 Å². The number of carbonyl (C=O) groups is 1. The van der Waals surface area contributed by atoms with Crippen molar-refractivity contribution in [3.8, 4) is 5.75 Å². The van der Waals surface area contributed by atoms with Gasteiger partial charge in [0.1, 0.15) is 11.4 Å². The van der Waals surface area contributed by atoms with Crippen molar-refractivity contribution in [2.75, 3.05) is 13.7 Å². The Morgan fingerprint density at radius 3 is 2.86 bits per heavy atom. The lowest BCUT2D eigenvalue weighted by Crippen LogP contribution is -2.26. The van der Waals surface area contributed by atoms with E-state index in [0.29, 0.717) is 6.42 Å². The molecule has 5 heteroatoms. The van der Waals surface area contributed by atoms with E-state index < -0.39 is 0 Å². The molecule has 5 nitrogen and oxygen atoms in total. The lowest BCUT2D eigenvalue weighted by molar-refractivity contribution is -0.121. The minimum atomic E-state index is -0.0987. The van der Waals surface area contributed by atoms with Gasteiger partial charge in [0.2, 0.25) is 5.91 Å². The molecule has 2 heterocycles. The first-order valence-electron chi connectivity index (χ1n) is 10.5. The van der Waals surface area contributed by atoms with Gasteiger partial charge in [-0.1, -0.05) is 38.3 Å². The quantitative estimate of drug-likeness (QED) is 0.500. The monoisotopic (exact) mass is 393 g/mol. The zero-order valence-corrected chi connectivity index (χ0v) is 17.6. The number of hydrogen-bond donors (Lipinski definition) is 1. The first-order valence-corrected chi connectivity index (χ1v) is 10.5. The van der Waals surface area contributed by atoms with Crippen LogP contribution in [0.2, 0.25) is 0 Å². The number of unbranched alkanes of at least 4 members (excludes halogenated alkanes) is 3. The first kappa shape index (κ1) is 20.9. The number of methoxy groups -OCH3 is 1. The van der Waals surface area contributed by atoms with Gasteiger partial charge in [-0.15, -0.1) is 0 Å². The number of fused-ring (bicyclic) bond motifs is 1. The molecule has 0 radical (unpaired) electrons. The summed E-state index contributed by atoms with van der Waals surface area (Å²) in [7, 11) is 1.66. The number of aromatic nitrogens is 2. The highest BCUT2D eigenvalue weighted by Gasteiger charge is 2.22. The Labute approximate surface area is 173 Å². The summed E-state index contributed by atoms with van der Waals surface area (Å²) in [6.07, 6.45) is 8.88. The third kappa shape index (κ3) is 5.37. The third-order valence-corrected chi connectivity index (χ3v) is 5.29. The molecule has 2 aromatic heterocycles. The molecule has 0 aliphatic carbocycles. The van der Waals surface area contributed by atoms with Crippen molar-refractivity contribution in [2.24, 2.45) is 0 Å². The van der Waals surface area contributed by atoms with E-state index in [4.69, 9.17) is 4.74 Å². The number of aryl methyl sites for hydroxylation is 1. The maximum Gasteiger partial charge on any atom is 0.221 e. The smallest absolute Gasteiger partial charge is 0.221 e. The van der Waals surface area contributed by atoms with Crippen molar-refractivity contribution in [3.63, 3.8) is 0 Å². The highest BCUT2D eigenvalue weighted by molar-refractivity contribution is 5.77. The van der Waals surface area contributed by atoms with E-state index in [0.717, 1.165) is 47.6 Å². The fourth-order valence-electron chi connectivity index (χ4n) is 3.65. The van der Waals surface area contributed by atoms with Gasteiger partial charge >= 0.3 is 0 Å². The fourth-order valence-corrected chi connectivity index (χ4v) is 3.65. The average molecular weight is 394 g/mol. The summed E-state index contributed by atoms with van der Waals surface area (Å²) in [5.74, 6) is 0.756. The fraction of sp³-hybridized carbons (Fsp3) is 0.417. The standard InChI is InChI=1S/C24H31N3O2/c1-4-5-6-7-12-25-24(28)16-21(19-9-8-10-20(15-19)29-3)22-17-26-23-14-18(2)11-13-27(22)23/h8-11,13-15,17,21H,4-7,12,16H2,1-3H3,(H,25,28). The molecule has 3 aromatic rings. The zero-order chi connectivity index (χ0) is 20.6. The molecule has 29 heavy (non-hydrogen) atoms. The van der Waals surface area contributed by atoms with Gasteiger partial charge in [0.15, 0.2) is 0 Å². The van der Waals surface area contributed by atoms with Crippen LogP contribution in [0.3, 0.4) is 0 Å². The Balaban J connectivity index is 1.84. The summed E-state index contributed by atoms with van der Waals surface area (Å²) >= 11 is 0. The molecule has 0 fully saturated rings. The summed E-state index contributed by atoms with van der Waals surface area (Å²) in [6, 6.07) is 12.1. The van der Waals surface area contributed by atoms with E-state index in [1.54, 1.807) is 7.11 Å². The summed E-state index contributed by atoms with van der Waals surface area (Å²) in [6.45, 7) is 4.98. The molecule has 154 valence electrons. The summed E-state index contributed by atoms with van der Waals surface area (Å²) in [5, 5.41) is 3.09. The number of benzene rings is 1. The summed E-state index contributed by atoms with van der Waals surface area (Å²) in [4.78, 5) is 17.3. The summed E-state index contributed by atoms with van der Waals surface area (Å²) in [5.41, 5.74) is 4.12. The van der Waals surface area contributed by atoms with Crippen LogP contribution >= 0.6 is 0 Å². The van der Waals surface area contributed by atoms with Gasteiger partial charge in [0, 0.05) is 31.3 Å². The average Bonchev–Trinajstić information content (AvgIpc) is 3.14. The Morgan fingerprint density at radius 2 is 2.07 bits per heavy atom. The van der Waals surface area contributed by atoms with Crippen molar-refractivity contribution < 1.29 is 9.53 Å². The molecular formula is C24H31N3O2. The van der Waals surface area contributed by atoms with Crippen molar-refractivity contribution in [3.05, 3.63) is 65.6 Å². The van der Waals surface area contributed by atoms with Gasteiger partial charge in [-0.05, 0) is 48.7 Å². The van der Waals surface area contributed by atoms with E-state index in [2.05, 4.69) is 46.7 Å². The highest BCUT2D eigenvalue weighted by Crippen LogP contribution is 2.31. The van der Waals surface area contributed by atoms with Gasteiger partial charge in [0.05, 0.1) is 12.8 Å². The minimum absolute atomic E-state index is 0.0661. The third-order valence-electron chi connectivity index (χ3n) is 5.29. The molecule has 1 aromatic carbocycles. The van der Waals surface area contributed by atoms with Crippen LogP contribution in [-0.4, -0.2) is 28.9 Å².